The monoisotopic (exact) mass is 373 g/mol. The number of hydrogen-bond donors (Lipinski definition) is 1. The van der Waals surface area contributed by atoms with Gasteiger partial charge in [-0.25, -0.2) is 12.7 Å². The normalized spacial score (nSPS) is 19.6. The summed E-state index contributed by atoms with van der Waals surface area (Å²) in [5.41, 5.74) is 0. The van der Waals surface area contributed by atoms with Gasteiger partial charge in [0.15, 0.2) is 0 Å². The van der Waals surface area contributed by atoms with E-state index >= 15 is 0 Å². The van der Waals surface area contributed by atoms with E-state index in [9.17, 15) is 18.0 Å². The lowest BCUT2D eigenvalue weighted by Gasteiger charge is -2.26. The summed E-state index contributed by atoms with van der Waals surface area (Å²) in [4.78, 5) is 25.6. The number of carbonyl (C=O) groups excluding carboxylic acids is 2. The van der Waals surface area contributed by atoms with Gasteiger partial charge in [-0.1, -0.05) is 6.42 Å². The van der Waals surface area contributed by atoms with E-state index in [2.05, 4.69) is 5.32 Å². The smallest absolute Gasteiger partial charge is 0.241 e. The van der Waals surface area contributed by atoms with Gasteiger partial charge in [0.1, 0.15) is 0 Å². The molecule has 2 rings (SSSR count). The van der Waals surface area contributed by atoms with Crippen molar-refractivity contribution in [2.24, 2.45) is 0 Å². The van der Waals surface area contributed by atoms with Crippen molar-refractivity contribution in [2.75, 3.05) is 38.5 Å². The van der Waals surface area contributed by atoms with Crippen molar-refractivity contribution < 1.29 is 18.0 Å². The van der Waals surface area contributed by atoms with Crippen molar-refractivity contribution in [1.82, 2.24) is 14.5 Å². The first kappa shape index (κ1) is 20.2. The van der Waals surface area contributed by atoms with E-state index in [4.69, 9.17) is 0 Å². The van der Waals surface area contributed by atoms with Gasteiger partial charge >= 0.3 is 0 Å². The van der Waals surface area contributed by atoms with E-state index in [1.807, 2.05) is 0 Å². The molecule has 7 nitrogen and oxygen atoms in total. The molecule has 2 saturated heterocycles. The first-order valence-corrected chi connectivity index (χ1v) is 11.1. The fourth-order valence-corrected chi connectivity index (χ4v) is 5.00. The summed E-state index contributed by atoms with van der Waals surface area (Å²) in [7, 11) is -3.18. The summed E-state index contributed by atoms with van der Waals surface area (Å²) < 4.78 is 26.0. The number of unbranched alkanes of at least 4 members (excludes halogenated alkanes) is 1. The fraction of sp³-hybridized carbons (Fsp3) is 0.882. The number of likely N-dealkylation sites (tertiary alicyclic amines) is 1. The lowest BCUT2D eigenvalue weighted by molar-refractivity contribution is -0.133. The molecule has 0 atom stereocenters. The van der Waals surface area contributed by atoms with Crippen LogP contribution in [0.1, 0.15) is 57.8 Å². The summed E-state index contributed by atoms with van der Waals surface area (Å²) >= 11 is 0. The van der Waals surface area contributed by atoms with Crippen LogP contribution >= 0.6 is 0 Å². The molecule has 144 valence electrons. The van der Waals surface area contributed by atoms with Crippen LogP contribution in [-0.2, 0) is 19.6 Å². The van der Waals surface area contributed by atoms with E-state index in [1.54, 1.807) is 9.21 Å². The largest absolute Gasteiger partial charge is 0.347 e. The van der Waals surface area contributed by atoms with Crippen molar-refractivity contribution in [2.45, 2.75) is 57.8 Å². The summed E-state index contributed by atoms with van der Waals surface area (Å²) in [6.07, 6.45) is 7.47. The summed E-state index contributed by atoms with van der Waals surface area (Å²) in [6.45, 7) is 2.86. The Morgan fingerprint density at radius 2 is 1.44 bits per heavy atom. The first-order valence-electron chi connectivity index (χ1n) is 9.51. The molecule has 0 aromatic heterocycles. The second kappa shape index (κ2) is 10.1. The maximum atomic E-state index is 12.2. The van der Waals surface area contributed by atoms with Gasteiger partial charge in [0.05, 0.1) is 12.3 Å². The maximum Gasteiger partial charge on any atom is 0.241 e. The molecular formula is C17H31N3O4S. The zero-order valence-electron chi connectivity index (χ0n) is 15.0. The maximum absolute atomic E-state index is 12.2. The third kappa shape index (κ3) is 6.93. The molecule has 2 fully saturated rings. The predicted molar refractivity (Wildman–Crippen MR) is 96.5 cm³/mol. The van der Waals surface area contributed by atoms with Gasteiger partial charge in [0, 0.05) is 32.6 Å². The number of amides is 2. The quantitative estimate of drug-likeness (QED) is 0.646. The van der Waals surface area contributed by atoms with Gasteiger partial charge in [-0.15, -0.1) is 0 Å². The molecule has 1 N–H and O–H groups in total. The molecule has 8 heteroatoms. The molecule has 2 heterocycles. The molecule has 25 heavy (non-hydrogen) atoms. The third-order valence-corrected chi connectivity index (χ3v) is 6.87. The molecule has 2 aliphatic heterocycles. The Kier molecular flexibility index (Phi) is 8.15. The second-order valence-corrected chi connectivity index (χ2v) is 9.04. The van der Waals surface area contributed by atoms with Gasteiger partial charge in [-0.3, -0.25) is 9.59 Å². The minimum absolute atomic E-state index is 0.0271. The van der Waals surface area contributed by atoms with Crippen molar-refractivity contribution >= 4 is 21.8 Å². The first-order chi connectivity index (χ1) is 12.0. The summed E-state index contributed by atoms with van der Waals surface area (Å²) in [5.74, 6) is -0.103. The Labute approximate surface area is 151 Å². The lowest BCUT2D eigenvalue weighted by Crippen LogP contribution is -2.42. The number of rotatable bonds is 8. The lowest BCUT2D eigenvalue weighted by atomic mass is 10.1. The Bertz CT molecular complexity index is 538. The molecule has 0 saturated carbocycles. The van der Waals surface area contributed by atoms with Crippen LogP contribution in [0, 0.1) is 0 Å². The van der Waals surface area contributed by atoms with Crippen LogP contribution in [0.5, 0.6) is 0 Å². The molecule has 0 radical (unpaired) electrons. The van der Waals surface area contributed by atoms with Gasteiger partial charge < -0.3 is 10.2 Å². The van der Waals surface area contributed by atoms with E-state index < -0.39 is 10.0 Å². The van der Waals surface area contributed by atoms with E-state index in [0.29, 0.717) is 25.9 Å². The zero-order valence-corrected chi connectivity index (χ0v) is 15.9. The van der Waals surface area contributed by atoms with Gasteiger partial charge in [-0.2, -0.15) is 0 Å². The number of nitrogens with zero attached hydrogens (tertiary/aromatic N) is 2. The fourth-order valence-electron chi connectivity index (χ4n) is 3.36. The van der Waals surface area contributed by atoms with Crippen LogP contribution in [0.15, 0.2) is 0 Å². The van der Waals surface area contributed by atoms with E-state index in [-0.39, 0.29) is 30.5 Å². The van der Waals surface area contributed by atoms with E-state index in [0.717, 1.165) is 51.6 Å². The minimum atomic E-state index is -3.18. The standard InChI is InChI=1S/C17H31N3O4S/c21-16(18-15-17(22)19-10-4-1-5-11-19)9-3-8-14-25(23,24)20-12-6-2-7-13-20/h1-15H2,(H,18,21). The van der Waals surface area contributed by atoms with Crippen LogP contribution in [0.4, 0.5) is 0 Å². The third-order valence-electron chi connectivity index (χ3n) is 4.91. The Morgan fingerprint density at radius 3 is 2.08 bits per heavy atom. The topological polar surface area (TPSA) is 86.8 Å². The Balaban J connectivity index is 1.57. The second-order valence-electron chi connectivity index (χ2n) is 6.95. The van der Waals surface area contributed by atoms with Crippen molar-refractivity contribution in [3.63, 3.8) is 0 Å². The highest BCUT2D eigenvalue weighted by molar-refractivity contribution is 7.89. The average Bonchev–Trinajstić information content (AvgIpc) is 2.64. The number of hydrogen-bond acceptors (Lipinski definition) is 4. The Morgan fingerprint density at radius 1 is 0.840 bits per heavy atom. The van der Waals surface area contributed by atoms with Crippen LogP contribution in [0.3, 0.4) is 0 Å². The SMILES string of the molecule is O=C(CCCCS(=O)(=O)N1CCCCC1)NCC(=O)N1CCCCC1. The summed E-state index contributed by atoms with van der Waals surface area (Å²) in [6, 6.07) is 0. The highest BCUT2D eigenvalue weighted by Gasteiger charge is 2.23. The molecule has 0 spiro atoms. The molecular weight excluding hydrogens is 342 g/mol. The molecule has 0 unspecified atom stereocenters. The molecule has 0 aromatic rings. The number of piperidine rings is 2. The van der Waals surface area contributed by atoms with Crippen LogP contribution < -0.4 is 5.32 Å². The van der Waals surface area contributed by atoms with Crippen LogP contribution in [0.25, 0.3) is 0 Å². The predicted octanol–water partition coefficient (Wildman–Crippen LogP) is 1.10. The minimum Gasteiger partial charge on any atom is -0.347 e. The van der Waals surface area contributed by atoms with Crippen molar-refractivity contribution in [3.8, 4) is 0 Å². The van der Waals surface area contributed by atoms with Gasteiger partial charge in [0.2, 0.25) is 21.8 Å². The van der Waals surface area contributed by atoms with Crippen molar-refractivity contribution in [1.29, 1.82) is 0 Å². The zero-order chi connectivity index (χ0) is 18.1. The Hall–Kier alpha value is -1.15. The average molecular weight is 374 g/mol. The molecule has 2 amide bonds. The number of nitrogens with one attached hydrogen (secondary N) is 1. The van der Waals surface area contributed by atoms with Gasteiger partial charge in [-0.05, 0) is 44.9 Å². The molecule has 0 aliphatic carbocycles. The number of carbonyl (C=O) groups is 2. The molecule has 0 bridgehead atoms. The van der Waals surface area contributed by atoms with Crippen molar-refractivity contribution in [3.05, 3.63) is 0 Å². The molecule has 0 aromatic carbocycles. The summed E-state index contributed by atoms with van der Waals surface area (Å²) in [5, 5.41) is 2.65. The highest BCUT2D eigenvalue weighted by Crippen LogP contribution is 2.14. The number of sulfonamides is 1. The molecule has 2 aliphatic rings. The highest BCUT2D eigenvalue weighted by atomic mass is 32.2. The van der Waals surface area contributed by atoms with Crippen LogP contribution in [-0.4, -0.2) is 67.9 Å². The van der Waals surface area contributed by atoms with Gasteiger partial charge in [0.25, 0.3) is 0 Å². The van der Waals surface area contributed by atoms with E-state index in [1.165, 1.54) is 0 Å². The van der Waals surface area contributed by atoms with Crippen LogP contribution in [0.2, 0.25) is 0 Å².